The molecule has 2 aromatic rings. The molecule has 0 radical (unpaired) electrons. The third-order valence-corrected chi connectivity index (χ3v) is 6.51. The summed E-state index contributed by atoms with van der Waals surface area (Å²) in [5.41, 5.74) is 1.58. The highest BCUT2D eigenvalue weighted by Crippen LogP contribution is 2.20. The molecule has 0 aliphatic carbocycles. The predicted octanol–water partition coefficient (Wildman–Crippen LogP) is 2.95. The van der Waals surface area contributed by atoms with E-state index >= 15 is 0 Å². The van der Waals surface area contributed by atoms with Crippen LogP contribution in [0.1, 0.15) is 24.0 Å². The van der Waals surface area contributed by atoms with Crippen LogP contribution in [0, 0.1) is 12.7 Å². The number of likely N-dealkylation sites (tertiary alicyclic amines) is 1. The Bertz CT molecular complexity index is 890. The van der Waals surface area contributed by atoms with E-state index in [0.29, 0.717) is 18.7 Å². The van der Waals surface area contributed by atoms with Crippen molar-refractivity contribution in [3.63, 3.8) is 0 Å². The van der Waals surface area contributed by atoms with Crippen LogP contribution >= 0.6 is 0 Å². The van der Waals surface area contributed by atoms with Gasteiger partial charge in [0.05, 0.1) is 11.4 Å². The van der Waals surface area contributed by atoms with Crippen molar-refractivity contribution in [3.8, 4) is 0 Å². The Morgan fingerprint density at radius 3 is 2.22 bits per heavy atom. The lowest BCUT2D eigenvalue weighted by Gasteiger charge is -2.25. The van der Waals surface area contributed by atoms with Crippen molar-refractivity contribution in [2.45, 2.75) is 31.2 Å². The minimum atomic E-state index is -3.86. The van der Waals surface area contributed by atoms with Crippen molar-refractivity contribution in [1.82, 2.24) is 9.21 Å². The van der Waals surface area contributed by atoms with Gasteiger partial charge < -0.3 is 4.90 Å². The van der Waals surface area contributed by atoms with Gasteiger partial charge in [-0.15, -0.1) is 0 Å². The standard InChI is InChI=1S/C20H23FN2O3S/c1-16-4-10-19(11-5-16)27(25,26)23(14-17-6-8-18(21)9-7-17)15-20(24)22-12-2-3-13-22/h4-11H,2-3,12-15H2,1H3. The highest BCUT2D eigenvalue weighted by Gasteiger charge is 2.29. The van der Waals surface area contributed by atoms with Crippen LogP contribution in [0.15, 0.2) is 53.4 Å². The summed E-state index contributed by atoms with van der Waals surface area (Å²) in [6.07, 6.45) is 1.88. The van der Waals surface area contributed by atoms with Crippen LogP contribution in [-0.4, -0.2) is 43.2 Å². The van der Waals surface area contributed by atoms with Gasteiger partial charge in [-0.25, -0.2) is 12.8 Å². The van der Waals surface area contributed by atoms with E-state index in [1.165, 1.54) is 28.6 Å². The molecule has 1 heterocycles. The number of nitrogens with zero attached hydrogens (tertiary/aromatic N) is 2. The van der Waals surface area contributed by atoms with E-state index in [4.69, 9.17) is 0 Å². The zero-order chi connectivity index (χ0) is 19.4. The van der Waals surface area contributed by atoms with Gasteiger partial charge in [-0.2, -0.15) is 4.31 Å². The average Bonchev–Trinajstić information content (AvgIpc) is 3.18. The minimum Gasteiger partial charge on any atom is -0.342 e. The smallest absolute Gasteiger partial charge is 0.243 e. The molecule has 1 aliphatic rings. The molecule has 1 saturated heterocycles. The second kappa shape index (κ2) is 8.19. The number of carbonyl (C=O) groups excluding carboxylic acids is 1. The molecule has 27 heavy (non-hydrogen) atoms. The second-order valence-corrected chi connectivity index (χ2v) is 8.74. The van der Waals surface area contributed by atoms with E-state index in [-0.39, 0.29) is 29.7 Å². The van der Waals surface area contributed by atoms with Crippen LogP contribution in [0.4, 0.5) is 4.39 Å². The van der Waals surface area contributed by atoms with E-state index in [0.717, 1.165) is 18.4 Å². The van der Waals surface area contributed by atoms with Crippen LogP contribution in [0.25, 0.3) is 0 Å². The highest BCUT2D eigenvalue weighted by atomic mass is 32.2. The summed E-state index contributed by atoms with van der Waals surface area (Å²) < 4.78 is 40.6. The number of sulfonamides is 1. The molecule has 3 rings (SSSR count). The van der Waals surface area contributed by atoms with Crippen molar-refractivity contribution < 1.29 is 17.6 Å². The third kappa shape index (κ3) is 4.73. The Morgan fingerprint density at radius 1 is 1.04 bits per heavy atom. The van der Waals surface area contributed by atoms with Crippen LogP contribution < -0.4 is 0 Å². The van der Waals surface area contributed by atoms with Crippen LogP contribution in [0.3, 0.4) is 0 Å². The highest BCUT2D eigenvalue weighted by molar-refractivity contribution is 7.89. The van der Waals surface area contributed by atoms with Gasteiger partial charge in [-0.1, -0.05) is 29.8 Å². The molecule has 5 nitrogen and oxygen atoms in total. The lowest BCUT2D eigenvalue weighted by atomic mass is 10.2. The van der Waals surface area contributed by atoms with Gasteiger partial charge in [-0.05, 0) is 49.6 Å². The maximum absolute atomic E-state index is 13.2. The fraction of sp³-hybridized carbons (Fsp3) is 0.350. The lowest BCUT2D eigenvalue weighted by molar-refractivity contribution is -0.130. The fourth-order valence-corrected chi connectivity index (χ4v) is 4.47. The number of aryl methyl sites for hydroxylation is 1. The fourth-order valence-electron chi connectivity index (χ4n) is 3.10. The summed E-state index contributed by atoms with van der Waals surface area (Å²) >= 11 is 0. The van der Waals surface area contributed by atoms with E-state index in [9.17, 15) is 17.6 Å². The first-order valence-corrected chi connectivity index (χ1v) is 10.4. The molecule has 0 atom stereocenters. The maximum Gasteiger partial charge on any atom is 0.243 e. The van der Waals surface area contributed by atoms with Crippen molar-refractivity contribution in [3.05, 3.63) is 65.5 Å². The van der Waals surface area contributed by atoms with Crippen LogP contribution in [0.2, 0.25) is 0 Å². The Hall–Kier alpha value is -2.25. The molecule has 1 aliphatic heterocycles. The van der Waals surface area contributed by atoms with E-state index in [2.05, 4.69) is 0 Å². The molecule has 2 aromatic carbocycles. The Morgan fingerprint density at radius 2 is 1.63 bits per heavy atom. The minimum absolute atomic E-state index is 0.00999. The molecule has 0 aromatic heterocycles. The van der Waals surface area contributed by atoms with Gasteiger partial charge in [0.1, 0.15) is 5.82 Å². The molecule has 0 saturated carbocycles. The molecular weight excluding hydrogens is 367 g/mol. The number of halogens is 1. The molecule has 1 amide bonds. The first-order chi connectivity index (χ1) is 12.9. The molecular formula is C20H23FN2O3S. The van der Waals surface area contributed by atoms with Gasteiger partial charge in [0.2, 0.25) is 15.9 Å². The van der Waals surface area contributed by atoms with Crippen molar-refractivity contribution in [2.75, 3.05) is 19.6 Å². The summed E-state index contributed by atoms with van der Waals surface area (Å²) in [6.45, 7) is 2.98. The summed E-state index contributed by atoms with van der Waals surface area (Å²) in [4.78, 5) is 14.4. The van der Waals surface area contributed by atoms with E-state index in [1.807, 2.05) is 6.92 Å². The Balaban J connectivity index is 1.88. The second-order valence-electron chi connectivity index (χ2n) is 6.80. The number of hydrogen-bond donors (Lipinski definition) is 0. The number of amides is 1. The predicted molar refractivity (Wildman–Crippen MR) is 101 cm³/mol. The Kier molecular flexibility index (Phi) is 5.92. The quantitative estimate of drug-likeness (QED) is 0.762. The normalized spacial score (nSPS) is 14.7. The van der Waals surface area contributed by atoms with Gasteiger partial charge in [0, 0.05) is 19.6 Å². The number of rotatable bonds is 6. The largest absolute Gasteiger partial charge is 0.342 e. The lowest BCUT2D eigenvalue weighted by Crippen LogP contribution is -2.41. The van der Waals surface area contributed by atoms with E-state index in [1.54, 1.807) is 29.2 Å². The summed E-state index contributed by atoms with van der Waals surface area (Å²) in [6, 6.07) is 12.2. The zero-order valence-electron chi connectivity index (χ0n) is 15.3. The molecule has 0 N–H and O–H groups in total. The summed E-state index contributed by atoms with van der Waals surface area (Å²) in [5.74, 6) is -0.592. The molecule has 1 fully saturated rings. The topological polar surface area (TPSA) is 57.7 Å². The Labute approximate surface area is 159 Å². The SMILES string of the molecule is Cc1ccc(S(=O)(=O)N(CC(=O)N2CCCC2)Cc2ccc(F)cc2)cc1. The average molecular weight is 390 g/mol. The zero-order valence-corrected chi connectivity index (χ0v) is 16.1. The maximum atomic E-state index is 13.2. The van der Waals surface area contributed by atoms with Crippen molar-refractivity contribution >= 4 is 15.9 Å². The third-order valence-electron chi connectivity index (χ3n) is 4.70. The summed E-state index contributed by atoms with van der Waals surface area (Å²) in [5, 5.41) is 0. The van der Waals surface area contributed by atoms with Crippen LogP contribution in [-0.2, 0) is 21.4 Å². The number of benzene rings is 2. The molecule has 0 bridgehead atoms. The van der Waals surface area contributed by atoms with Crippen molar-refractivity contribution in [1.29, 1.82) is 0 Å². The van der Waals surface area contributed by atoms with Crippen molar-refractivity contribution in [2.24, 2.45) is 0 Å². The van der Waals surface area contributed by atoms with Crippen LogP contribution in [0.5, 0.6) is 0 Å². The van der Waals surface area contributed by atoms with Gasteiger partial charge in [0.15, 0.2) is 0 Å². The number of carbonyl (C=O) groups is 1. The first-order valence-electron chi connectivity index (χ1n) is 8.95. The van der Waals surface area contributed by atoms with Gasteiger partial charge >= 0.3 is 0 Å². The van der Waals surface area contributed by atoms with Gasteiger partial charge in [0.25, 0.3) is 0 Å². The summed E-state index contributed by atoms with van der Waals surface area (Å²) in [7, 11) is -3.86. The number of hydrogen-bond acceptors (Lipinski definition) is 3. The molecule has 0 unspecified atom stereocenters. The van der Waals surface area contributed by atoms with E-state index < -0.39 is 10.0 Å². The first kappa shape index (κ1) is 19.5. The molecule has 0 spiro atoms. The van der Waals surface area contributed by atoms with Gasteiger partial charge in [-0.3, -0.25) is 4.79 Å². The molecule has 144 valence electrons. The monoisotopic (exact) mass is 390 g/mol. The molecule has 7 heteroatoms.